The normalized spacial score (nSPS) is 35.1. The van der Waals surface area contributed by atoms with Gasteiger partial charge in [0.15, 0.2) is 0 Å². The second-order valence-corrected chi connectivity index (χ2v) is 6.15. The van der Waals surface area contributed by atoms with E-state index in [1.165, 1.54) is 0 Å². The van der Waals surface area contributed by atoms with Crippen LogP contribution < -0.4 is 5.32 Å². The molecule has 5 nitrogen and oxygen atoms in total. The number of piperidine rings is 1. The molecule has 1 saturated carbocycles. The summed E-state index contributed by atoms with van der Waals surface area (Å²) in [6.45, 7) is 2.05. The quantitative estimate of drug-likeness (QED) is 0.656. The minimum atomic E-state index is -0.661. The molecule has 1 heterocycles. The maximum absolute atomic E-state index is 11.6. The van der Waals surface area contributed by atoms with Crippen molar-refractivity contribution in [3.63, 3.8) is 0 Å². The summed E-state index contributed by atoms with van der Waals surface area (Å²) in [5.74, 6) is -0.0585. The number of carbonyl (C=O) groups excluding carboxylic acids is 1. The fourth-order valence-corrected chi connectivity index (χ4v) is 4.07. The van der Waals surface area contributed by atoms with Gasteiger partial charge in [-0.1, -0.05) is 12.8 Å². The third-order valence-electron chi connectivity index (χ3n) is 4.88. The van der Waals surface area contributed by atoms with Crippen LogP contribution in [-0.4, -0.2) is 47.1 Å². The first-order valence-electron chi connectivity index (χ1n) is 7.83. The van der Waals surface area contributed by atoms with E-state index in [2.05, 4.69) is 5.32 Å². The van der Waals surface area contributed by atoms with Crippen LogP contribution in [0.1, 0.15) is 51.9 Å². The van der Waals surface area contributed by atoms with Crippen molar-refractivity contribution in [2.45, 2.75) is 69.6 Å². The largest absolute Gasteiger partial charge is 0.466 e. The first kappa shape index (κ1) is 15.7. The van der Waals surface area contributed by atoms with Crippen molar-refractivity contribution in [2.75, 3.05) is 13.2 Å². The highest BCUT2D eigenvalue weighted by Crippen LogP contribution is 2.44. The molecular weight excluding hydrogens is 258 g/mol. The molecule has 5 heteroatoms. The number of esters is 1. The van der Waals surface area contributed by atoms with Gasteiger partial charge in [0.1, 0.15) is 0 Å². The molecule has 0 unspecified atom stereocenters. The SMILES string of the molecule is CCOC(=O)C[C@H]1CCC[C@]2(CCC[C@@H]2[C@H](O)CO)N1. The Morgan fingerprint density at radius 1 is 1.40 bits per heavy atom. The van der Waals surface area contributed by atoms with Crippen molar-refractivity contribution < 1.29 is 19.7 Å². The van der Waals surface area contributed by atoms with E-state index in [0.717, 1.165) is 38.5 Å². The van der Waals surface area contributed by atoms with E-state index in [0.29, 0.717) is 13.0 Å². The Hall–Kier alpha value is -0.650. The number of hydrogen-bond acceptors (Lipinski definition) is 5. The molecule has 116 valence electrons. The molecule has 1 saturated heterocycles. The highest BCUT2D eigenvalue weighted by Gasteiger charge is 2.48. The van der Waals surface area contributed by atoms with Crippen molar-refractivity contribution >= 4 is 5.97 Å². The molecule has 1 spiro atoms. The lowest BCUT2D eigenvalue weighted by Crippen LogP contribution is -2.58. The summed E-state index contributed by atoms with van der Waals surface area (Å²) in [4.78, 5) is 11.6. The average Bonchev–Trinajstić information content (AvgIpc) is 2.81. The molecule has 2 fully saturated rings. The maximum atomic E-state index is 11.6. The zero-order chi connectivity index (χ0) is 14.6. The first-order chi connectivity index (χ1) is 9.61. The molecule has 0 aromatic carbocycles. The standard InChI is InChI=1S/C15H27NO4/c1-2-20-14(19)9-11-5-3-7-15(16-11)8-4-6-12(15)13(18)10-17/h11-13,16-18H,2-10H2,1H3/t11-,12-,13-,15-/m1/s1. The Labute approximate surface area is 120 Å². The molecule has 2 aliphatic rings. The zero-order valence-corrected chi connectivity index (χ0v) is 12.3. The summed E-state index contributed by atoms with van der Waals surface area (Å²) in [6, 6.07) is 0.134. The summed E-state index contributed by atoms with van der Waals surface area (Å²) in [5, 5.41) is 22.9. The van der Waals surface area contributed by atoms with E-state index in [4.69, 9.17) is 4.74 Å². The van der Waals surface area contributed by atoms with Crippen molar-refractivity contribution in [1.29, 1.82) is 0 Å². The second kappa shape index (κ2) is 6.87. The summed E-state index contributed by atoms with van der Waals surface area (Å²) in [6.07, 6.45) is 5.83. The molecule has 0 amide bonds. The van der Waals surface area contributed by atoms with E-state index < -0.39 is 6.10 Å². The monoisotopic (exact) mass is 285 g/mol. The fraction of sp³-hybridized carbons (Fsp3) is 0.933. The molecular formula is C15H27NO4. The van der Waals surface area contributed by atoms with Gasteiger partial charge in [0.25, 0.3) is 0 Å². The molecule has 0 aromatic heterocycles. The van der Waals surface area contributed by atoms with Crippen LogP contribution in [0.5, 0.6) is 0 Å². The van der Waals surface area contributed by atoms with Gasteiger partial charge in [0.05, 0.1) is 25.7 Å². The summed E-state index contributed by atoms with van der Waals surface area (Å²) in [7, 11) is 0. The van der Waals surface area contributed by atoms with Gasteiger partial charge in [-0.3, -0.25) is 4.79 Å². The Balaban J connectivity index is 1.99. The second-order valence-electron chi connectivity index (χ2n) is 6.15. The Bertz CT molecular complexity index is 336. The van der Waals surface area contributed by atoms with Crippen molar-refractivity contribution in [3.05, 3.63) is 0 Å². The summed E-state index contributed by atoms with van der Waals surface area (Å²) in [5.41, 5.74) is -0.0996. The van der Waals surface area contributed by atoms with Gasteiger partial charge < -0.3 is 20.3 Å². The Morgan fingerprint density at radius 2 is 2.10 bits per heavy atom. The van der Waals surface area contributed by atoms with Crippen LogP contribution in [0.4, 0.5) is 0 Å². The van der Waals surface area contributed by atoms with Gasteiger partial charge in [-0.25, -0.2) is 0 Å². The number of rotatable bonds is 5. The van der Waals surface area contributed by atoms with Crippen LogP contribution in [0.25, 0.3) is 0 Å². The Morgan fingerprint density at radius 3 is 2.75 bits per heavy atom. The lowest BCUT2D eigenvalue weighted by atomic mass is 9.75. The van der Waals surface area contributed by atoms with E-state index >= 15 is 0 Å². The van der Waals surface area contributed by atoms with Crippen LogP contribution >= 0.6 is 0 Å². The van der Waals surface area contributed by atoms with Crippen molar-refractivity contribution in [2.24, 2.45) is 5.92 Å². The lowest BCUT2D eigenvalue weighted by Gasteiger charge is -2.45. The van der Waals surface area contributed by atoms with Crippen molar-refractivity contribution in [1.82, 2.24) is 5.32 Å². The molecule has 2 rings (SSSR count). The molecule has 1 aliphatic heterocycles. The maximum Gasteiger partial charge on any atom is 0.307 e. The summed E-state index contributed by atoms with van der Waals surface area (Å²) >= 11 is 0. The number of hydrogen-bond donors (Lipinski definition) is 3. The van der Waals surface area contributed by atoms with Crippen LogP contribution in [0.3, 0.4) is 0 Å². The van der Waals surface area contributed by atoms with Gasteiger partial charge in [-0.15, -0.1) is 0 Å². The highest BCUT2D eigenvalue weighted by atomic mass is 16.5. The average molecular weight is 285 g/mol. The number of aliphatic hydroxyl groups is 2. The smallest absolute Gasteiger partial charge is 0.307 e. The van der Waals surface area contributed by atoms with Gasteiger partial charge >= 0.3 is 5.97 Å². The zero-order valence-electron chi connectivity index (χ0n) is 12.3. The Kier molecular flexibility index (Phi) is 5.41. The number of nitrogens with one attached hydrogen (secondary N) is 1. The molecule has 20 heavy (non-hydrogen) atoms. The number of carbonyl (C=O) groups is 1. The molecule has 3 N–H and O–H groups in total. The van der Waals surface area contributed by atoms with E-state index in [-0.39, 0.29) is 30.1 Å². The molecule has 1 aliphatic carbocycles. The van der Waals surface area contributed by atoms with Crippen LogP contribution in [-0.2, 0) is 9.53 Å². The molecule has 4 atom stereocenters. The van der Waals surface area contributed by atoms with Crippen LogP contribution in [0, 0.1) is 5.92 Å². The predicted molar refractivity (Wildman–Crippen MR) is 75.2 cm³/mol. The minimum Gasteiger partial charge on any atom is -0.466 e. The fourth-order valence-electron chi connectivity index (χ4n) is 4.07. The van der Waals surface area contributed by atoms with E-state index in [1.807, 2.05) is 6.92 Å². The van der Waals surface area contributed by atoms with Crippen LogP contribution in [0.15, 0.2) is 0 Å². The lowest BCUT2D eigenvalue weighted by molar-refractivity contribution is -0.144. The molecule has 0 aromatic rings. The van der Waals surface area contributed by atoms with E-state index in [1.54, 1.807) is 0 Å². The van der Waals surface area contributed by atoms with E-state index in [9.17, 15) is 15.0 Å². The molecule has 0 radical (unpaired) electrons. The third-order valence-corrected chi connectivity index (χ3v) is 4.88. The first-order valence-corrected chi connectivity index (χ1v) is 7.83. The van der Waals surface area contributed by atoms with Gasteiger partial charge in [-0.05, 0) is 32.6 Å². The topological polar surface area (TPSA) is 78.8 Å². The minimum absolute atomic E-state index is 0.0949. The van der Waals surface area contributed by atoms with Gasteiger partial charge in [0.2, 0.25) is 0 Å². The number of ether oxygens (including phenoxy) is 1. The third kappa shape index (κ3) is 3.32. The van der Waals surface area contributed by atoms with Crippen LogP contribution in [0.2, 0.25) is 0 Å². The van der Waals surface area contributed by atoms with Gasteiger partial charge in [0, 0.05) is 17.5 Å². The highest BCUT2D eigenvalue weighted by molar-refractivity contribution is 5.70. The van der Waals surface area contributed by atoms with Crippen molar-refractivity contribution in [3.8, 4) is 0 Å². The number of aliphatic hydroxyl groups excluding tert-OH is 2. The van der Waals surface area contributed by atoms with Gasteiger partial charge in [-0.2, -0.15) is 0 Å². The summed E-state index contributed by atoms with van der Waals surface area (Å²) < 4.78 is 5.02. The predicted octanol–water partition coefficient (Wildman–Crippen LogP) is 0.974. The molecule has 0 bridgehead atoms.